The number of hydrogen-bond donors (Lipinski definition) is 3. The Labute approximate surface area is 209 Å². The van der Waals surface area contributed by atoms with Gasteiger partial charge >= 0.3 is 5.97 Å². The largest absolute Gasteiger partial charge is 0.478 e. The van der Waals surface area contributed by atoms with E-state index in [4.69, 9.17) is 16.3 Å². The first-order valence-corrected chi connectivity index (χ1v) is 12.1. The molecule has 0 fully saturated rings. The summed E-state index contributed by atoms with van der Waals surface area (Å²) in [6, 6.07) is 13.0. The SMILES string of the molecule is Cc1ccc(CNCCCCOCCNc2nc3cc(C(=O)O)ccc3c3cnccc23)cc1Cl. The fourth-order valence-electron chi connectivity index (χ4n) is 3.89. The summed E-state index contributed by atoms with van der Waals surface area (Å²) in [5, 5.41) is 19.6. The van der Waals surface area contributed by atoms with E-state index in [0.29, 0.717) is 31.1 Å². The van der Waals surface area contributed by atoms with Crippen molar-refractivity contribution < 1.29 is 14.6 Å². The predicted octanol–water partition coefficient (Wildman–Crippen LogP) is 5.44. The van der Waals surface area contributed by atoms with Crippen LogP contribution in [0, 0.1) is 6.92 Å². The molecule has 2 aromatic heterocycles. The van der Waals surface area contributed by atoms with Gasteiger partial charge in [-0.25, -0.2) is 9.78 Å². The first kappa shape index (κ1) is 24.9. The van der Waals surface area contributed by atoms with E-state index in [1.54, 1.807) is 30.6 Å². The van der Waals surface area contributed by atoms with Gasteiger partial charge in [0.1, 0.15) is 5.82 Å². The van der Waals surface area contributed by atoms with E-state index in [2.05, 4.69) is 26.7 Å². The van der Waals surface area contributed by atoms with Crippen LogP contribution in [0.5, 0.6) is 0 Å². The molecule has 0 bridgehead atoms. The minimum absolute atomic E-state index is 0.208. The minimum atomic E-state index is -0.974. The number of hydrogen-bond acceptors (Lipinski definition) is 6. The average molecular weight is 493 g/mol. The van der Waals surface area contributed by atoms with Crippen LogP contribution in [0.4, 0.5) is 5.82 Å². The smallest absolute Gasteiger partial charge is 0.335 e. The molecular weight excluding hydrogens is 464 g/mol. The van der Waals surface area contributed by atoms with E-state index in [9.17, 15) is 9.90 Å². The first-order valence-electron chi connectivity index (χ1n) is 11.7. The van der Waals surface area contributed by atoms with Crippen LogP contribution in [0.25, 0.3) is 21.7 Å². The second-order valence-corrected chi connectivity index (χ2v) is 8.83. The molecule has 0 atom stereocenters. The molecule has 0 aliphatic rings. The highest BCUT2D eigenvalue weighted by Gasteiger charge is 2.11. The number of benzene rings is 2. The molecule has 8 heteroatoms. The molecule has 182 valence electrons. The standard InChI is InChI=1S/C27H29ClN4O3/c1-18-4-5-19(14-24(18)28)16-29-9-2-3-12-35-13-11-31-26-22-8-10-30-17-23(22)21-7-6-20(27(33)34)15-25(21)32-26/h4-8,10,14-15,17,29H,2-3,9,11-13,16H2,1H3,(H,31,32)(H,33,34). The summed E-state index contributed by atoms with van der Waals surface area (Å²) in [7, 11) is 0. The van der Waals surface area contributed by atoms with Crippen molar-refractivity contribution in [2.24, 2.45) is 0 Å². The van der Waals surface area contributed by atoms with Crippen molar-refractivity contribution in [3.8, 4) is 0 Å². The molecule has 0 spiro atoms. The second kappa shape index (κ2) is 11.9. The lowest BCUT2D eigenvalue weighted by Crippen LogP contribution is -2.16. The molecule has 35 heavy (non-hydrogen) atoms. The number of aryl methyl sites for hydroxylation is 1. The molecule has 0 saturated heterocycles. The fraction of sp³-hybridized carbons (Fsp3) is 0.296. The summed E-state index contributed by atoms with van der Waals surface area (Å²) in [6.45, 7) is 5.58. The Kier molecular flexibility index (Phi) is 8.47. The Hall–Kier alpha value is -3.26. The molecule has 0 amide bonds. The van der Waals surface area contributed by atoms with Gasteiger partial charge in [0.25, 0.3) is 0 Å². The van der Waals surface area contributed by atoms with Crippen LogP contribution in [0.1, 0.15) is 34.3 Å². The highest BCUT2D eigenvalue weighted by molar-refractivity contribution is 6.31. The zero-order valence-corrected chi connectivity index (χ0v) is 20.4. The van der Waals surface area contributed by atoms with Crippen molar-refractivity contribution in [3.05, 3.63) is 76.6 Å². The third-order valence-corrected chi connectivity index (χ3v) is 6.25. The lowest BCUT2D eigenvalue weighted by atomic mass is 10.1. The maximum absolute atomic E-state index is 11.4. The quantitative estimate of drug-likeness (QED) is 0.179. The number of fused-ring (bicyclic) bond motifs is 3. The molecule has 0 aliphatic carbocycles. The van der Waals surface area contributed by atoms with E-state index in [-0.39, 0.29) is 5.56 Å². The van der Waals surface area contributed by atoms with Crippen LogP contribution in [-0.2, 0) is 11.3 Å². The predicted molar refractivity (Wildman–Crippen MR) is 140 cm³/mol. The summed E-state index contributed by atoms with van der Waals surface area (Å²) >= 11 is 6.17. The summed E-state index contributed by atoms with van der Waals surface area (Å²) < 4.78 is 5.77. The van der Waals surface area contributed by atoms with Gasteiger partial charge in [0.15, 0.2) is 0 Å². The molecule has 3 N–H and O–H groups in total. The number of nitrogens with one attached hydrogen (secondary N) is 2. The van der Waals surface area contributed by atoms with Crippen LogP contribution in [0.15, 0.2) is 54.9 Å². The van der Waals surface area contributed by atoms with E-state index < -0.39 is 5.97 Å². The summed E-state index contributed by atoms with van der Waals surface area (Å²) in [4.78, 5) is 20.3. The summed E-state index contributed by atoms with van der Waals surface area (Å²) in [6.07, 6.45) is 5.51. The maximum Gasteiger partial charge on any atom is 0.335 e. The van der Waals surface area contributed by atoms with Gasteiger partial charge in [0.2, 0.25) is 0 Å². The Bertz CT molecular complexity index is 1330. The Balaban J connectivity index is 1.21. The highest BCUT2D eigenvalue weighted by Crippen LogP contribution is 2.29. The number of carboxylic acids is 1. The van der Waals surface area contributed by atoms with Crippen molar-refractivity contribution in [1.29, 1.82) is 0 Å². The van der Waals surface area contributed by atoms with Gasteiger partial charge in [0, 0.05) is 53.3 Å². The number of anilines is 1. The number of aromatic carboxylic acids is 1. The number of halogens is 1. The molecule has 2 aromatic carbocycles. The van der Waals surface area contributed by atoms with Crippen LogP contribution in [0.3, 0.4) is 0 Å². The van der Waals surface area contributed by atoms with Gasteiger partial charge in [-0.1, -0.05) is 29.8 Å². The van der Waals surface area contributed by atoms with Gasteiger partial charge < -0.3 is 20.5 Å². The van der Waals surface area contributed by atoms with E-state index in [0.717, 1.165) is 52.7 Å². The Morgan fingerprint density at radius 1 is 1.03 bits per heavy atom. The number of pyridine rings is 2. The molecule has 0 unspecified atom stereocenters. The Morgan fingerprint density at radius 2 is 1.91 bits per heavy atom. The van der Waals surface area contributed by atoms with Crippen molar-refractivity contribution in [3.63, 3.8) is 0 Å². The first-order chi connectivity index (χ1) is 17.0. The van der Waals surface area contributed by atoms with E-state index in [1.807, 2.05) is 25.1 Å². The highest BCUT2D eigenvalue weighted by atomic mass is 35.5. The maximum atomic E-state index is 11.4. The zero-order chi connectivity index (χ0) is 24.6. The molecule has 0 radical (unpaired) electrons. The normalized spacial score (nSPS) is 11.3. The molecule has 0 aliphatic heterocycles. The molecule has 4 rings (SSSR count). The summed E-state index contributed by atoms with van der Waals surface area (Å²) in [5.74, 6) is -0.279. The lowest BCUT2D eigenvalue weighted by molar-refractivity contribution is 0.0697. The summed E-state index contributed by atoms with van der Waals surface area (Å²) in [5.41, 5.74) is 3.11. The lowest BCUT2D eigenvalue weighted by Gasteiger charge is -2.12. The number of nitrogens with zero attached hydrogens (tertiary/aromatic N) is 2. The van der Waals surface area contributed by atoms with Gasteiger partial charge in [-0.15, -0.1) is 0 Å². The van der Waals surface area contributed by atoms with E-state index >= 15 is 0 Å². The zero-order valence-electron chi connectivity index (χ0n) is 19.7. The van der Waals surface area contributed by atoms with Crippen molar-refractivity contribution in [1.82, 2.24) is 15.3 Å². The fourth-order valence-corrected chi connectivity index (χ4v) is 4.10. The van der Waals surface area contributed by atoms with Crippen LogP contribution >= 0.6 is 11.6 Å². The third-order valence-electron chi connectivity index (χ3n) is 5.84. The average Bonchev–Trinajstić information content (AvgIpc) is 2.86. The van der Waals surface area contributed by atoms with Gasteiger partial charge in [0.05, 0.1) is 17.7 Å². The van der Waals surface area contributed by atoms with Crippen LogP contribution in [0.2, 0.25) is 5.02 Å². The molecular formula is C27H29ClN4O3. The molecule has 4 aromatic rings. The molecule has 0 saturated carbocycles. The topological polar surface area (TPSA) is 96.4 Å². The van der Waals surface area contributed by atoms with Crippen LogP contribution < -0.4 is 10.6 Å². The Morgan fingerprint density at radius 3 is 2.74 bits per heavy atom. The monoisotopic (exact) mass is 492 g/mol. The van der Waals surface area contributed by atoms with Gasteiger partial charge in [-0.3, -0.25) is 4.98 Å². The van der Waals surface area contributed by atoms with Crippen molar-refractivity contribution in [2.45, 2.75) is 26.3 Å². The number of rotatable bonds is 12. The molecule has 7 nitrogen and oxygen atoms in total. The van der Waals surface area contributed by atoms with Crippen molar-refractivity contribution in [2.75, 3.05) is 31.6 Å². The number of aromatic nitrogens is 2. The number of ether oxygens (including phenoxy) is 1. The van der Waals surface area contributed by atoms with Crippen LogP contribution in [-0.4, -0.2) is 47.3 Å². The number of unbranched alkanes of at least 4 members (excludes halogenated alkanes) is 1. The number of carbonyl (C=O) groups is 1. The second-order valence-electron chi connectivity index (χ2n) is 8.43. The minimum Gasteiger partial charge on any atom is -0.478 e. The van der Waals surface area contributed by atoms with Crippen molar-refractivity contribution >= 4 is 45.1 Å². The van der Waals surface area contributed by atoms with E-state index in [1.165, 1.54) is 5.56 Å². The molecule has 2 heterocycles. The number of carboxylic acid groups (broad SMARTS) is 1. The third kappa shape index (κ3) is 6.45. The van der Waals surface area contributed by atoms with Gasteiger partial charge in [-0.05, 0) is 61.7 Å². The van der Waals surface area contributed by atoms with Gasteiger partial charge in [-0.2, -0.15) is 0 Å².